The minimum Gasteiger partial charge on any atom is -0.508 e. The SMILES string of the molecule is COc1ccc(/C=C/c2cc(O)cc(O)c2)cc1O[C@@H]1O[C@@H](CO)[C@@H](O)[C@H](O)[C@H]1O. The fraction of sp³-hybridized carbons (Fsp3) is 0.333. The molecule has 0 radical (unpaired) electrons. The first kappa shape index (κ1) is 21.9. The number of aliphatic hydroxyl groups is 4. The van der Waals surface area contributed by atoms with Crippen LogP contribution in [-0.4, -0.2) is 75.1 Å². The fourth-order valence-electron chi connectivity index (χ4n) is 3.09. The van der Waals surface area contributed by atoms with Crippen LogP contribution in [0.4, 0.5) is 0 Å². The van der Waals surface area contributed by atoms with Crippen LogP contribution in [0.25, 0.3) is 12.2 Å². The molecule has 2 aromatic rings. The van der Waals surface area contributed by atoms with E-state index in [1.807, 2.05) is 0 Å². The maximum absolute atomic E-state index is 10.2. The molecule has 1 aliphatic heterocycles. The summed E-state index contributed by atoms with van der Waals surface area (Å²) in [4.78, 5) is 0. The van der Waals surface area contributed by atoms with Gasteiger partial charge in [-0.1, -0.05) is 18.2 Å². The van der Waals surface area contributed by atoms with Gasteiger partial charge < -0.3 is 44.8 Å². The van der Waals surface area contributed by atoms with Gasteiger partial charge in [0.2, 0.25) is 6.29 Å². The van der Waals surface area contributed by atoms with Gasteiger partial charge in [0, 0.05) is 6.07 Å². The Balaban J connectivity index is 1.83. The lowest BCUT2D eigenvalue weighted by atomic mass is 9.99. The monoisotopic (exact) mass is 420 g/mol. The molecule has 9 nitrogen and oxygen atoms in total. The molecular formula is C21H24O9. The number of phenols is 2. The van der Waals surface area contributed by atoms with Gasteiger partial charge in [-0.3, -0.25) is 0 Å². The molecule has 3 rings (SSSR count). The summed E-state index contributed by atoms with van der Waals surface area (Å²) in [5, 5.41) is 58.4. The Morgan fingerprint density at radius 1 is 0.867 bits per heavy atom. The van der Waals surface area contributed by atoms with Crippen LogP contribution in [0.15, 0.2) is 36.4 Å². The Morgan fingerprint density at radius 2 is 1.53 bits per heavy atom. The first-order chi connectivity index (χ1) is 14.3. The highest BCUT2D eigenvalue weighted by molar-refractivity contribution is 5.72. The van der Waals surface area contributed by atoms with Crippen molar-refractivity contribution in [2.75, 3.05) is 13.7 Å². The van der Waals surface area contributed by atoms with Gasteiger partial charge in [0.15, 0.2) is 11.5 Å². The summed E-state index contributed by atoms with van der Waals surface area (Å²) in [7, 11) is 1.43. The molecule has 0 aromatic heterocycles. The predicted octanol–water partition coefficient (Wildman–Crippen LogP) is 0.456. The van der Waals surface area contributed by atoms with Crippen LogP contribution in [0.2, 0.25) is 0 Å². The normalized spacial score (nSPS) is 26.6. The first-order valence-electron chi connectivity index (χ1n) is 9.18. The summed E-state index contributed by atoms with van der Waals surface area (Å²) in [6.07, 6.45) is -3.68. The molecule has 5 atom stereocenters. The zero-order valence-corrected chi connectivity index (χ0v) is 16.1. The number of phenolic OH excluding ortho intramolecular Hbond substituents is 2. The summed E-state index contributed by atoms with van der Waals surface area (Å²) in [5.74, 6) is 0.383. The smallest absolute Gasteiger partial charge is 0.229 e. The van der Waals surface area contributed by atoms with E-state index in [-0.39, 0.29) is 17.2 Å². The number of hydrogen-bond donors (Lipinski definition) is 6. The zero-order valence-electron chi connectivity index (χ0n) is 16.1. The van der Waals surface area contributed by atoms with Crippen molar-refractivity contribution in [2.45, 2.75) is 30.7 Å². The first-order valence-corrected chi connectivity index (χ1v) is 9.18. The van der Waals surface area contributed by atoms with Crippen molar-refractivity contribution < 1.29 is 44.8 Å². The molecule has 30 heavy (non-hydrogen) atoms. The maximum atomic E-state index is 10.2. The molecule has 0 saturated carbocycles. The van der Waals surface area contributed by atoms with Gasteiger partial charge in [0.1, 0.15) is 35.9 Å². The Bertz CT molecular complexity index is 876. The summed E-state index contributed by atoms with van der Waals surface area (Å²) in [6, 6.07) is 9.13. The van der Waals surface area contributed by atoms with Crippen LogP contribution < -0.4 is 9.47 Å². The minimum atomic E-state index is -1.56. The van der Waals surface area contributed by atoms with Gasteiger partial charge in [0.25, 0.3) is 0 Å². The number of aromatic hydroxyl groups is 2. The highest BCUT2D eigenvalue weighted by Crippen LogP contribution is 2.33. The van der Waals surface area contributed by atoms with E-state index >= 15 is 0 Å². The second-order valence-electron chi connectivity index (χ2n) is 6.84. The summed E-state index contributed by atoms with van der Waals surface area (Å²) < 4.78 is 16.3. The van der Waals surface area contributed by atoms with Gasteiger partial charge in [-0.2, -0.15) is 0 Å². The molecule has 162 valence electrons. The fourth-order valence-corrected chi connectivity index (χ4v) is 3.09. The van der Waals surface area contributed by atoms with Crippen molar-refractivity contribution in [3.05, 3.63) is 47.5 Å². The average molecular weight is 420 g/mol. The molecule has 6 N–H and O–H groups in total. The molecule has 0 amide bonds. The third-order valence-corrected chi connectivity index (χ3v) is 4.67. The number of benzene rings is 2. The van der Waals surface area contributed by atoms with Gasteiger partial charge in [-0.15, -0.1) is 0 Å². The van der Waals surface area contributed by atoms with Crippen molar-refractivity contribution in [1.29, 1.82) is 0 Å². The Morgan fingerprint density at radius 3 is 2.17 bits per heavy atom. The Hall–Kier alpha value is -2.82. The molecule has 1 heterocycles. The van der Waals surface area contributed by atoms with Gasteiger partial charge in [-0.05, 0) is 35.4 Å². The Kier molecular flexibility index (Phi) is 6.80. The van der Waals surface area contributed by atoms with E-state index in [4.69, 9.17) is 14.2 Å². The molecule has 0 unspecified atom stereocenters. The van der Waals surface area contributed by atoms with Crippen molar-refractivity contribution in [3.63, 3.8) is 0 Å². The average Bonchev–Trinajstić information content (AvgIpc) is 2.72. The van der Waals surface area contributed by atoms with E-state index in [1.54, 1.807) is 30.4 Å². The van der Waals surface area contributed by atoms with E-state index in [0.717, 1.165) is 0 Å². The zero-order chi connectivity index (χ0) is 21.8. The molecule has 1 saturated heterocycles. The lowest BCUT2D eigenvalue weighted by Crippen LogP contribution is -2.60. The molecule has 9 heteroatoms. The van der Waals surface area contributed by atoms with E-state index in [0.29, 0.717) is 16.9 Å². The van der Waals surface area contributed by atoms with E-state index < -0.39 is 37.3 Å². The predicted molar refractivity (Wildman–Crippen MR) is 106 cm³/mol. The van der Waals surface area contributed by atoms with Gasteiger partial charge >= 0.3 is 0 Å². The van der Waals surface area contributed by atoms with Crippen LogP contribution in [-0.2, 0) is 4.74 Å². The van der Waals surface area contributed by atoms with E-state index in [2.05, 4.69) is 0 Å². The number of ether oxygens (including phenoxy) is 3. The number of hydrogen-bond acceptors (Lipinski definition) is 9. The molecule has 2 aromatic carbocycles. The van der Waals surface area contributed by atoms with Gasteiger partial charge in [-0.25, -0.2) is 0 Å². The van der Waals surface area contributed by atoms with Crippen molar-refractivity contribution in [1.82, 2.24) is 0 Å². The number of rotatable bonds is 6. The quantitative estimate of drug-likeness (QED) is 0.366. The van der Waals surface area contributed by atoms with Crippen LogP contribution in [0.5, 0.6) is 23.0 Å². The van der Waals surface area contributed by atoms with Crippen LogP contribution in [0, 0.1) is 0 Å². The molecule has 0 bridgehead atoms. The number of methoxy groups -OCH3 is 1. The van der Waals surface area contributed by atoms with Gasteiger partial charge in [0.05, 0.1) is 13.7 Å². The van der Waals surface area contributed by atoms with Crippen molar-refractivity contribution >= 4 is 12.2 Å². The molecule has 1 fully saturated rings. The van der Waals surface area contributed by atoms with Crippen molar-refractivity contribution in [3.8, 4) is 23.0 Å². The second kappa shape index (κ2) is 9.33. The number of aliphatic hydroxyl groups excluding tert-OH is 4. The minimum absolute atomic E-state index is 0.0731. The van der Waals surface area contributed by atoms with Crippen LogP contribution in [0.1, 0.15) is 11.1 Å². The Labute approximate surface area is 172 Å². The lowest BCUT2D eigenvalue weighted by Gasteiger charge is -2.39. The largest absolute Gasteiger partial charge is 0.508 e. The standard InChI is InChI=1S/C21H24O9/c1-28-15-5-4-11(2-3-12-6-13(23)9-14(24)7-12)8-16(15)29-21-20(27)19(26)18(25)17(10-22)30-21/h2-9,17-27H,10H2,1H3/b3-2+/t17-,18+,19-,20+,21+/m0/s1. The maximum Gasteiger partial charge on any atom is 0.229 e. The highest BCUT2D eigenvalue weighted by atomic mass is 16.7. The molecular weight excluding hydrogens is 396 g/mol. The topological polar surface area (TPSA) is 149 Å². The highest BCUT2D eigenvalue weighted by Gasteiger charge is 2.44. The second-order valence-corrected chi connectivity index (χ2v) is 6.84. The summed E-state index contributed by atoms with van der Waals surface area (Å²) in [6.45, 7) is -0.568. The molecule has 0 aliphatic carbocycles. The van der Waals surface area contributed by atoms with Crippen LogP contribution in [0.3, 0.4) is 0 Å². The van der Waals surface area contributed by atoms with E-state index in [1.165, 1.54) is 25.3 Å². The van der Waals surface area contributed by atoms with Crippen LogP contribution >= 0.6 is 0 Å². The third-order valence-electron chi connectivity index (χ3n) is 4.67. The van der Waals surface area contributed by atoms with Crippen molar-refractivity contribution in [2.24, 2.45) is 0 Å². The molecule has 1 aliphatic rings. The lowest BCUT2D eigenvalue weighted by molar-refractivity contribution is -0.277. The van der Waals surface area contributed by atoms with E-state index in [9.17, 15) is 30.6 Å². The summed E-state index contributed by atoms with van der Waals surface area (Å²) in [5.41, 5.74) is 1.23. The third kappa shape index (κ3) is 4.84. The molecule has 0 spiro atoms. The summed E-state index contributed by atoms with van der Waals surface area (Å²) >= 11 is 0.